The van der Waals surface area contributed by atoms with E-state index in [2.05, 4.69) is 6.07 Å². The van der Waals surface area contributed by atoms with Crippen LogP contribution in [0.1, 0.15) is 11.1 Å². The van der Waals surface area contributed by atoms with E-state index in [0.29, 0.717) is 18.1 Å². The van der Waals surface area contributed by atoms with E-state index in [1.807, 2.05) is 18.2 Å². The van der Waals surface area contributed by atoms with Crippen LogP contribution in [-0.4, -0.2) is 43.7 Å². The maximum Gasteiger partial charge on any atom is 0.243 e. The molecule has 1 aliphatic rings. The van der Waals surface area contributed by atoms with Crippen molar-refractivity contribution in [2.24, 2.45) is 0 Å². The zero-order valence-electron chi connectivity index (χ0n) is 13.9. The van der Waals surface area contributed by atoms with Crippen molar-refractivity contribution in [1.82, 2.24) is 9.21 Å². The van der Waals surface area contributed by atoms with Crippen molar-refractivity contribution < 1.29 is 13.2 Å². The number of nitrogens with zero attached hydrogens (tertiary/aromatic N) is 2. The molecule has 0 N–H and O–H groups in total. The van der Waals surface area contributed by atoms with Crippen LogP contribution in [0.15, 0.2) is 53.4 Å². The van der Waals surface area contributed by atoms with Crippen LogP contribution < -0.4 is 0 Å². The minimum Gasteiger partial charge on any atom is -0.337 e. The molecule has 0 saturated heterocycles. The van der Waals surface area contributed by atoms with Gasteiger partial charge in [0.25, 0.3) is 0 Å². The quantitative estimate of drug-likeness (QED) is 0.821. The highest BCUT2D eigenvalue weighted by atomic mass is 35.5. The van der Waals surface area contributed by atoms with E-state index in [-0.39, 0.29) is 17.3 Å². The molecule has 1 aliphatic heterocycles. The van der Waals surface area contributed by atoms with Gasteiger partial charge in [0.2, 0.25) is 15.9 Å². The van der Waals surface area contributed by atoms with Crippen LogP contribution in [0.4, 0.5) is 0 Å². The van der Waals surface area contributed by atoms with Gasteiger partial charge in [-0.1, -0.05) is 35.9 Å². The highest BCUT2D eigenvalue weighted by Gasteiger charge is 2.26. The monoisotopic (exact) mass is 378 g/mol. The lowest BCUT2D eigenvalue weighted by molar-refractivity contribution is -0.132. The summed E-state index contributed by atoms with van der Waals surface area (Å²) in [6.07, 6.45) is 0.787. The third-order valence-electron chi connectivity index (χ3n) is 4.36. The Hall–Kier alpha value is -1.89. The number of fused-ring (bicyclic) bond motifs is 1. The Bertz CT molecular complexity index is 881. The molecular weight excluding hydrogens is 360 g/mol. The highest BCUT2D eigenvalue weighted by molar-refractivity contribution is 7.89. The minimum absolute atomic E-state index is 0.121. The lowest BCUT2D eigenvalue weighted by Gasteiger charge is -2.30. The number of rotatable bonds is 4. The summed E-state index contributed by atoms with van der Waals surface area (Å²) in [7, 11) is -2.31. The summed E-state index contributed by atoms with van der Waals surface area (Å²) >= 11 is 5.80. The van der Waals surface area contributed by atoms with Gasteiger partial charge in [-0.2, -0.15) is 4.31 Å². The predicted molar refractivity (Wildman–Crippen MR) is 96.8 cm³/mol. The van der Waals surface area contributed by atoms with Crippen molar-refractivity contribution in [3.05, 3.63) is 64.7 Å². The van der Waals surface area contributed by atoms with E-state index in [0.717, 1.165) is 16.3 Å². The molecule has 5 nitrogen and oxygen atoms in total. The number of likely N-dealkylation sites (N-methyl/N-ethyl adjacent to an activating group) is 1. The number of hydrogen-bond acceptors (Lipinski definition) is 3. The van der Waals surface area contributed by atoms with Crippen LogP contribution in [0.3, 0.4) is 0 Å². The number of sulfonamides is 1. The zero-order valence-corrected chi connectivity index (χ0v) is 15.4. The third-order valence-corrected chi connectivity index (χ3v) is 6.43. The molecule has 0 unspecified atom stereocenters. The smallest absolute Gasteiger partial charge is 0.243 e. The van der Waals surface area contributed by atoms with Gasteiger partial charge in [0.05, 0.1) is 11.4 Å². The Labute approximate surface area is 152 Å². The van der Waals surface area contributed by atoms with E-state index in [1.54, 1.807) is 4.90 Å². The van der Waals surface area contributed by atoms with Gasteiger partial charge in [-0.25, -0.2) is 8.42 Å². The molecule has 0 radical (unpaired) electrons. The lowest BCUT2D eigenvalue weighted by atomic mass is 10.00. The maximum absolute atomic E-state index is 12.6. The van der Waals surface area contributed by atoms with Crippen LogP contribution in [0, 0.1) is 0 Å². The molecule has 0 saturated carbocycles. The summed E-state index contributed by atoms with van der Waals surface area (Å²) in [6.45, 7) is 0.932. The Morgan fingerprint density at radius 3 is 2.44 bits per heavy atom. The first kappa shape index (κ1) is 17.9. The molecule has 1 heterocycles. The van der Waals surface area contributed by atoms with E-state index in [4.69, 9.17) is 11.6 Å². The second-order valence-corrected chi connectivity index (χ2v) is 8.53. The Kier molecular flexibility index (Phi) is 5.13. The Morgan fingerprint density at radius 1 is 1.12 bits per heavy atom. The summed E-state index contributed by atoms with van der Waals surface area (Å²) in [6, 6.07) is 13.9. The standard InChI is InChI=1S/C18H19ClN2O3S/c1-20(25(23,24)17-8-6-16(19)7-9-17)13-18(22)21-11-10-14-4-2-3-5-15(14)12-21/h2-9H,10-13H2,1H3. The number of carbonyl (C=O) groups is 1. The molecule has 3 rings (SSSR count). The van der Waals surface area contributed by atoms with Crippen LogP contribution in [0.5, 0.6) is 0 Å². The fraction of sp³-hybridized carbons (Fsp3) is 0.278. The summed E-state index contributed by atoms with van der Waals surface area (Å²) in [5.41, 5.74) is 2.36. The lowest BCUT2D eigenvalue weighted by Crippen LogP contribution is -2.43. The molecule has 7 heteroatoms. The van der Waals surface area contributed by atoms with Crippen molar-refractivity contribution >= 4 is 27.5 Å². The first-order valence-electron chi connectivity index (χ1n) is 7.94. The average molecular weight is 379 g/mol. The number of halogens is 1. The van der Waals surface area contributed by atoms with Crippen molar-refractivity contribution in [3.63, 3.8) is 0 Å². The normalized spacial score (nSPS) is 14.4. The molecule has 2 aromatic carbocycles. The zero-order chi connectivity index (χ0) is 18.0. The van der Waals surface area contributed by atoms with Gasteiger partial charge < -0.3 is 4.90 Å². The SMILES string of the molecule is CN(CC(=O)N1CCc2ccccc2C1)S(=O)(=O)c1ccc(Cl)cc1. The average Bonchev–Trinajstić information content (AvgIpc) is 2.61. The molecule has 1 amide bonds. The van der Waals surface area contributed by atoms with Crippen LogP contribution in [0.25, 0.3) is 0 Å². The van der Waals surface area contributed by atoms with E-state index < -0.39 is 10.0 Å². The van der Waals surface area contributed by atoms with Crippen LogP contribution >= 0.6 is 11.6 Å². The maximum atomic E-state index is 12.6. The molecule has 0 aromatic heterocycles. The van der Waals surface area contributed by atoms with Gasteiger partial charge in [-0.05, 0) is 41.8 Å². The topological polar surface area (TPSA) is 57.7 Å². The van der Waals surface area contributed by atoms with Crippen molar-refractivity contribution in [2.75, 3.05) is 20.1 Å². The molecule has 0 bridgehead atoms. The predicted octanol–water partition coefficient (Wildman–Crippen LogP) is 2.55. The minimum atomic E-state index is -3.72. The molecule has 0 aliphatic carbocycles. The number of amides is 1. The molecule has 2 aromatic rings. The fourth-order valence-corrected chi connectivity index (χ4v) is 4.12. The molecule has 132 valence electrons. The number of carbonyl (C=O) groups excluding carboxylic acids is 1. The highest BCUT2D eigenvalue weighted by Crippen LogP contribution is 2.20. The molecule has 0 spiro atoms. The second-order valence-electron chi connectivity index (χ2n) is 6.05. The molecular formula is C18H19ClN2O3S. The first-order chi connectivity index (χ1) is 11.9. The van der Waals surface area contributed by atoms with Gasteiger partial charge in [0, 0.05) is 25.2 Å². The van der Waals surface area contributed by atoms with Crippen molar-refractivity contribution in [2.45, 2.75) is 17.9 Å². The van der Waals surface area contributed by atoms with Crippen LogP contribution in [-0.2, 0) is 27.8 Å². The van der Waals surface area contributed by atoms with Gasteiger partial charge in [0.15, 0.2) is 0 Å². The summed E-state index contributed by atoms with van der Waals surface area (Å²) < 4.78 is 26.2. The molecule has 25 heavy (non-hydrogen) atoms. The molecule has 0 atom stereocenters. The van der Waals surface area contributed by atoms with E-state index in [1.165, 1.54) is 36.9 Å². The fourth-order valence-electron chi connectivity index (χ4n) is 2.87. The molecule has 0 fully saturated rings. The number of benzene rings is 2. The van der Waals surface area contributed by atoms with Gasteiger partial charge in [-0.3, -0.25) is 4.79 Å². The Balaban J connectivity index is 1.69. The van der Waals surface area contributed by atoms with Crippen molar-refractivity contribution in [1.29, 1.82) is 0 Å². The second kappa shape index (κ2) is 7.15. The van der Waals surface area contributed by atoms with E-state index in [9.17, 15) is 13.2 Å². The Morgan fingerprint density at radius 2 is 1.76 bits per heavy atom. The largest absolute Gasteiger partial charge is 0.337 e. The first-order valence-corrected chi connectivity index (χ1v) is 9.76. The van der Waals surface area contributed by atoms with Gasteiger partial charge >= 0.3 is 0 Å². The summed E-state index contributed by atoms with van der Waals surface area (Å²) in [5, 5.41) is 0.463. The van der Waals surface area contributed by atoms with Crippen molar-refractivity contribution in [3.8, 4) is 0 Å². The van der Waals surface area contributed by atoms with E-state index >= 15 is 0 Å². The third kappa shape index (κ3) is 3.86. The van der Waals surface area contributed by atoms with Gasteiger partial charge in [0.1, 0.15) is 0 Å². The number of hydrogen-bond donors (Lipinski definition) is 0. The summed E-state index contributed by atoms with van der Waals surface area (Å²) in [4.78, 5) is 14.4. The van der Waals surface area contributed by atoms with Crippen LogP contribution in [0.2, 0.25) is 5.02 Å². The van der Waals surface area contributed by atoms with Gasteiger partial charge in [-0.15, -0.1) is 0 Å². The summed E-state index contributed by atoms with van der Waals surface area (Å²) in [5.74, 6) is -0.199.